The van der Waals surface area contributed by atoms with Crippen LogP contribution in [0.4, 0.5) is 26.3 Å². The molecule has 0 amide bonds. The van der Waals surface area contributed by atoms with Gasteiger partial charge in [-0.1, -0.05) is 0 Å². The summed E-state index contributed by atoms with van der Waals surface area (Å²) in [4.78, 5) is 0. The summed E-state index contributed by atoms with van der Waals surface area (Å²) in [7, 11) is 0. The van der Waals surface area contributed by atoms with Crippen molar-refractivity contribution in [3.63, 3.8) is 0 Å². The van der Waals surface area contributed by atoms with Crippen LogP contribution < -0.4 is 18.9 Å². The SMILES string of the molecule is [Li+].[N-]=C(C(F)(F)F)C(F)(F)F. The Morgan fingerprint density at radius 1 is 0.818 bits per heavy atom. The topological polar surface area (TPSA) is 22.3 Å². The molecule has 0 rings (SSSR count). The molecule has 60 valence electrons. The number of hydrogen-bond acceptors (Lipinski definition) is 0. The van der Waals surface area contributed by atoms with Crippen molar-refractivity contribution in [1.82, 2.24) is 0 Å². The van der Waals surface area contributed by atoms with E-state index in [4.69, 9.17) is 5.41 Å². The molecule has 0 aliphatic heterocycles. The first-order chi connectivity index (χ1) is 4.15. The van der Waals surface area contributed by atoms with Gasteiger partial charge in [0.1, 0.15) is 0 Å². The molecule has 0 saturated heterocycles. The Balaban J connectivity index is 0. The molecule has 0 bridgehead atoms. The Morgan fingerprint density at radius 3 is 1.00 bits per heavy atom. The number of halogens is 6. The van der Waals surface area contributed by atoms with E-state index < -0.39 is 18.1 Å². The molecule has 0 aromatic heterocycles. The van der Waals surface area contributed by atoms with E-state index in [1.165, 1.54) is 0 Å². The molecule has 0 aliphatic carbocycles. The molecule has 0 radical (unpaired) electrons. The van der Waals surface area contributed by atoms with E-state index in [1.807, 2.05) is 0 Å². The van der Waals surface area contributed by atoms with Gasteiger partial charge in [0.05, 0.1) is 0 Å². The zero-order valence-electron chi connectivity index (χ0n) is 5.22. The quantitative estimate of drug-likeness (QED) is 0.256. The fraction of sp³-hybridized carbons (Fsp3) is 0.667. The average Bonchev–Trinajstić information content (AvgIpc) is 1.59. The van der Waals surface area contributed by atoms with Gasteiger partial charge in [0.25, 0.3) is 0 Å². The average molecular weight is 171 g/mol. The standard InChI is InChI=1S/C3F6N.Li/c4-2(5,6)1(10)3(7,8)9;/q-1;+1. The van der Waals surface area contributed by atoms with E-state index >= 15 is 0 Å². The maximum atomic E-state index is 10.9. The third-order valence-electron chi connectivity index (χ3n) is 0.537. The second-order valence-corrected chi connectivity index (χ2v) is 1.34. The van der Waals surface area contributed by atoms with Crippen LogP contribution >= 0.6 is 0 Å². The summed E-state index contributed by atoms with van der Waals surface area (Å²) in [5, 5.41) is 7.39. The van der Waals surface area contributed by atoms with Crippen LogP contribution in [0.5, 0.6) is 0 Å². The molecule has 0 saturated carbocycles. The molecular formula is C3F6LiN. The van der Waals surface area contributed by atoms with Crippen molar-refractivity contribution in [1.29, 1.82) is 0 Å². The van der Waals surface area contributed by atoms with E-state index in [0.29, 0.717) is 0 Å². The van der Waals surface area contributed by atoms with Gasteiger partial charge < -0.3 is 5.41 Å². The largest absolute Gasteiger partial charge is 1.00 e. The maximum absolute atomic E-state index is 10.9. The first kappa shape index (κ1) is 13.4. The summed E-state index contributed by atoms with van der Waals surface area (Å²) in [5.41, 5.74) is -3.43. The van der Waals surface area contributed by atoms with Gasteiger partial charge in [-0.15, -0.1) is 0 Å². The van der Waals surface area contributed by atoms with Gasteiger partial charge in [-0.3, -0.25) is 0 Å². The second-order valence-electron chi connectivity index (χ2n) is 1.34. The van der Waals surface area contributed by atoms with E-state index in [1.54, 1.807) is 0 Å². The number of nitrogens with zero attached hydrogens (tertiary/aromatic N) is 1. The first-order valence-corrected chi connectivity index (χ1v) is 1.86. The molecule has 0 atom stereocenters. The van der Waals surface area contributed by atoms with Crippen LogP contribution in [0.2, 0.25) is 0 Å². The second kappa shape index (κ2) is 3.50. The predicted octanol–water partition coefficient (Wildman–Crippen LogP) is -0.875. The van der Waals surface area contributed by atoms with Gasteiger partial charge in [0, 0.05) is 5.71 Å². The van der Waals surface area contributed by atoms with Crippen LogP contribution in [0, 0.1) is 0 Å². The summed E-state index contributed by atoms with van der Waals surface area (Å²) >= 11 is 0. The fourth-order valence-electron chi connectivity index (χ4n) is 0.161. The Labute approximate surface area is 69.4 Å². The molecule has 1 nitrogen and oxygen atoms in total. The van der Waals surface area contributed by atoms with Crippen LogP contribution in [0.3, 0.4) is 0 Å². The molecule has 0 aromatic rings. The van der Waals surface area contributed by atoms with Gasteiger partial charge in [-0.2, -0.15) is 26.3 Å². The van der Waals surface area contributed by atoms with E-state index in [0.717, 1.165) is 0 Å². The minimum atomic E-state index is -5.71. The predicted molar refractivity (Wildman–Crippen MR) is 20.5 cm³/mol. The molecular weight excluding hydrogens is 171 g/mol. The Hall–Kier alpha value is -0.153. The van der Waals surface area contributed by atoms with E-state index in [-0.39, 0.29) is 18.9 Å². The van der Waals surface area contributed by atoms with Crippen LogP contribution in [-0.4, -0.2) is 18.1 Å². The Morgan fingerprint density at radius 2 is 1.00 bits per heavy atom. The molecule has 0 fully saturated rings. The van der Waals surface area contributed by atoms with Gasteiger partial charge in [-0.05, 0) is 0 Å². The summed E-state index contributed by atoms with van der Waals surface area (Å²) in [6.45, 7) is 0. The molecule has 0 N–H and O–H groups in total. The zero-order valence-corrected chi connectivity index (χ0v) is 5.22. The fourth-order valence-corrected chi connectivity index (χ4v) is 0.161. The number of hydrogen-bond donors (Lipinski definition) is 0. The summed E-state index contributed by atoms with van der Waals surface area (Å²) < 4.78 is 65.6. The molecule has 8 heteroatoms. The Bertz CT molecular complexity index is 129. The van der Waals surface area contributed by atoms with E-state index in [9.17, 15) is 26.3 Å². The smallest absolute Gasteiger partial charge is 0.796 e. The van der Waals surface area contributed by atoms with Gasteiger partial charge in [0.2, 0.25) is 0 Å². The van der Waals surface area contributed by atoms with Crippen LogP contribution in [0.25, 0.3) is 5.41 Å². The summed E-state index contributed by atoms with van der Waals surface area (Å²) in [6, 6.07) is 0. The summed E-state index contributed by atoms with van der Waals surface area (Å²) in [5.74, 6) is 0. The van der Waals surface area contributed by atoms with Crippen LogP contribution in [0.15, 0.2) is 0 Å². The van der Waals surface area contributed by atoms with Crippen molar-refractivity contribution in [3.05, 3.63) is 5.41 Å². The minimum absolute atomic E-state index is 0. The minimum Gasteiger partial charge on any atom is -0.796 e. The first-order valence-electron chi connectivity index (χ1n) is 1.86. The van der Waals surface area contributed by atoms with Crippen molar-refractivity contribution in [2.75, 3.05) is 0 Å². The maximum Gasteiger partial charge on any atom is 1.00 e. The van der Waals surface area contributed by atoms with Crippen molar-refractivity contribution in [2.45, 2.75) is 12.4 Å². The third kappa shape index (κ3) is 4.32. The molecule has 0 unspecified atom stereocenters. The van der Waals surface area contributed by atoms with Gasteiger partial charge in [-0.25, -0.2) is 0 Å². The zero-order chi connectivity index (χ0) is 8.58. The number of alkyl halides is 6. The van der Waals surface area contributed by atoms with Gasteiger partial charge >= 0.3 is 31.2 Å². The van der Waals surface area contributed by atoms with Crippen molar-refractivity contribution >= 4 is 5.71 Å². The van der Waals surface area contributed by atoms with Gasteiger partial charge in [0.15, 0.2) is 0 Å². The van der Waals surface area contributed by atoms with Crippen molar-refractivity contribution < 1.29 is 45.2 Å². The van der Waals surface area contributed by atoms with Crippen molar-refractivity contribution in [3.8, 4) is 0 Å². The van der Waals surface area contributed by atoms with Crippen LogP contribution in [-0.2, 0) is 0 Å². The third-order valence-corrected chi connectivity index (χ3v) is 0.537. The molecule has 0 heterocycles. The molecule has 0 aromatic carbocycles. The molecule has 11 heavy (non-hydrogen) atoms. The van der Waals surface area contributed by atoms with Crippen LogP contribution in [0.1, 0.15) is 0 Å². The normalized spacial score (nSPS) is 12.2. The molecule has 0 aliphatic rings. The summed E-state index contributed by atoms with van der Waals surface area (Å²) in [6.07, 6.45) is -11.4. The molecule has 0 spiro atoms. The van der Waals surface area contributed by atoms with Crippen molar-refractivity contribution in [2.24, 2.45) is 0 Å². The van der Waals surface area contributed by atoms with E-state index in [2.05, 4.69) is 0 Å². The number of rotatable bonds is 0. The monoisotopic (exact) mass is 171 g/mol. The Kier molecular flexibility index (Phi) is 4.27.